The molecule has 0 bridgehead atoms. The first kappa shape index (κ1) is 12.1. The van der Waals surface area contributed by atoms with E-state index >= 15 is 0 Å². The molecule has 4 heteroatoms. The average molecular weight is 273 g/mol. The largest absolute Gasteiger partial charge is 0.397 e. The van der Waals surface area contributed by atoms with Crippen LogP contribution in [0.2, 0.25) is 5.02 Å². The van der Waals surface area contributed by atoms with Crippen LogP contribution >= 0.6 is 11.6 Å². The quantitative estimate of drug-likeness (QED) is 0.811. The highest BCUT2D eigenvalue weighted by atomic mass is 35.5. The van der Waals surface area contributed by atoms with Crippen molar-refractivity contribution in [3.8, 4) is 0 Å². The molecule has 2 aromatic rings. The van der Waals surface area contributed by atoms with E-state index < -0.39 is 0 Å². The Hall–Kier alpha value is -2.00. The van der Waals surface area contributed by atoms with E-state index in [0.717, 1.165) is 17.5 Å². The molecule has 0 atom stereocenters. The standard InChI is InChI=1S/C15H13ClN2O/c16-11-5-6-13(17)14(9-11)18-8-7-10-3-1-2-4-12(10)15(18)19/h1-6,9H,7-8,17H2. The fourth-order valence-electron chi connectivity index (χ4n) is 2.41. The van der Waals surface area contributed by atoms with E-state index in [0.29, 0.717) is 22.9 Å². The van der Waals surface area contributed by atoms with Crippen LogP contribution in [0.25, 0.3) is 0 Å². The normalized spacial score (nSPS) is 14.4. The van der Waals surface area contributed by atoms with Gasteiger partial charge in [-0.1, -0.05) is 29.8 Å². The lowest BCUT2D eigenvalue weighted by Crippen LogP contribution is -2.38. The summed E-state index contributed by atoms with van der Waals surface area (Å²) in [4.78, 5) is 14.2. The number of amides is 1. The van der Waals surface area contributed by atoms with Gasteiger partial charge in [-0.2, -0.15) is 0 Å². The second kappa shape index (κ2) is 4.59. The van der Waals surface area contributed by atoms with Crippen molar-refractivity contribution in [2.75, 3.05) is 17.2 Å². The molecule has 0 unspecified atom stereocenters. The molecule has 0 aliphatic carbocycles. The molecular weight excluding hydrogens is 260 g/mol. The predicted molar refractivity (Wildman–Crippen MR) is 77.7 cm³/mol. The van der Waals surface area contributed by atoms with Gasteiger partial charge in [0.1, 0.15) is 0 Å². The second-order valence-corrected chi connectivity index (χ2v) is 5.00. The molecule has 1 heterocycles. The third kappa shape index (κ3) is 2.06. The smallest absolute Gasteiger partial charge is 0.258 e. The highest BCUT2D eigenvalue weighted by molar-refractivity contribution is 6.31. The lowest BCUT2D eigenvalue weighted by Gasteiger charge is -2.29. The van der Waals surface area contributed by atoms with Gasteiger partial charge in [-0.3, -0.25) is 4.79 Å². The molecule has 0 spiro atoms. The topological polar surface area (TPSA) is 46.3 Å². The van der Waals surface area contributed by atoms with Crippen molar-refractivity contribution in [2.45, 2.75) is 6.42 Å². The maximum absolute atomic E-state index is 12.5. The summed E-state index contributed by atoms with van der Waals surface area (Å²) >= 11 is 5.99. The Morgan fingerprint density at radius 2 is 1.95 bits per heavy atom. The number of hydrogen-bond donors (Lipinski definition) is 1. The number of fused-ring (bicyclic) bond motifs is 1. The summed E-state index contributed by atoms with van der Waals surface area (Å²) in [6, 6.07) is 12.9. The van der Waals surface area contributed by atoms with Crippen molar-refractivity contribution in [2.24, 2.45) is 0 Å². The molecule has 0 fully saturated rings. The van der Waals surface area contributed by atoms with Gasteiger partial charge in [0.25, 0.3) is 5.91 Å². The molecule has 3 nitrogen and oxygen atoms in total. The third-order valence-electron chi connectivity index (χ3n) is 3.38. The van der Waals surface area contributed by atoms with Gasteiger partial charge in [0.2, 0.25) is 0 Å². The molecule has 1 aliphatic rings. The SMILES string of the molecule is Nc1ccc(Cl)cc1N1CCc2ccccc2C1=O. The summed E-state index contributed by atoms with van der Waals surface area (Å²) < 4.78 is 0. The summed E-state index contributed by atoms with van der Waals surface area (Å²) in [5.41, 5.74) is 9.03. The van der Waals surface area contributed by atoms with Crippen LogP contribution in [0.4, 0.5) is 11.4 Å². The maximum atomic E-state index is 12.5. The maximum Gasteiger partial charge on any atom is 0.258 e. The number of anilines is 2. The van der Waals surface area contributed by atoms with E-state index in [4.69, 9.17) is 17.3 Å². The molecular formula is C15H13ClN2O. The summed E-state index contributed by atoms with van der Waals surface area (Å²) in [7, 11) is 0. The van der Waals surface area contributed by atoms with Gasteiger partial charge >= 0.3 is 0 Å². The highest BCUT2D eigenvalue weighted by Gasteiger charge is 2.26. The fraction of sp³-hybridized carbons (Fsp3) is 0.133. The minimum absolute atomic E-state index is 0.0178. The van der Waals surface area contributed by atoms with Crippen LogP contribution in [-0.4, -0.2) is 12.5 Å². The first-order chi connectivity index (χ1) is 9.16. The molecule has 0 aromatic heterocycles. The monoisotopic (exact) mass is 272 g/mol. The Morgan fingerprint density at radius 1 is 1.16 bits per heavy atom. The molecule has 2 aromatic carbocycles. The Morgan fingerprint density at radius 3 is 2.79 bits per heavy atom. The lowest BCUT2D eigenvalue weighted by atomic mass is 9.98. The number of hydrogen-bond acceptors (Lipinski definition) is 2. The zero-order valence-corrected chi connectivity index (χ0v) is 11.0. The molecule has 0 saturated carbocycles. The molecule has 1 aliphatic heterocycles. The highest BCUT2D eigenvalue weighted by Crippen LogP contribution is 2.31. The minimum atomic E-state index is -0.0178. The Kier molecular flexibility index (Phi) is 2.91. The van der Waals surface area contributed by atoms with Crippen LogP contribution in [0.15, 0.2) is 42.5 Å². The lowest BCUT2D eigenvalue weighted by molar-refractivity contribution is 0.0981. The molecule has 1 amide bonds. The fourth-order valence-corrected chi connectivity index (χ4v) is 2.57. The van der Waals surface area contributed by atoms with Crippen LogP contribution in [0, 0.1) is 0 Å². The van der Waals surface area contributed by atoms with Gasteiger partial charge in [-0.15, -0.1) is 0 Å². The Labute approximate surface area is 116 Å². The summed E-state index contributed by atoms with van der Waals surface area (Å²) in [5.74, 6) is -0.0178. The molecule has 0 radical (unpaired) electrons. The predicted octanol–water partition coefficient (Wildman–Crippen LogP) is 3.13. The van der Waals surface area contributed by atoms with Crippen molar-refractivity contribution >= 4 is 28.9 Å². The number of carbonyl (C=O) groups is 1. The van der Waals surface area contributed by atoms with Gasteiger partial charge in [0.05, 0.1) is 11.4 Å². The van der Waals surface area contributed by atoms with Crippen molar-refractivity contribution in [3.63, 3.8) is 0 Å². The second-order valence-electron chi connectivity index (χ2n) is 4.57. The van der Waals surface area contributed by atoms with Crippen molar-refractivity contribution in [3.05, 3.63) is 58.6 Å². The number of nitrogen functional groups attached to an aromatic ring is 1. The number of benzene rings is 2. The van der Waals surface area contributed by atoms with Crippen LogP contribution in [-0.2, 0) is 6.42 Å². The van der Waals surface area contributed by atoms with Crippen LogP contribution in [0.5, 0.6) is 0 Å². The number of nitrogens with two attached hydrogens (primary N) is 1. The van der Waals surface area contributed by atoms with E-state index in [1.807, 2.05) is 24.3 Å². The van der Waals surface area contributed by atoms with Crippen molar-refractivity contribution < 1.29 is 4.79 Å². The Balaban J connectivity index is 2.05. The summed E-state index contributed by atoms with van der Waals surface area (Å²) in [6.45, 7) is 0.625. The van der Waals surface area contributed by atoms with Gasteiger partial charge in [0.15, 0.2) is 0 Å². The average Bonchev–Trinajstić information content (AvgIpc) is 2.43. The zero-order valence-electron chi connectivity index (χ0n) is 10.3. The van der Waals surface area contributed by atoms with Crippen LogP contribution in [0.1, 0.15) is 15.9 Å². The van der Waals surface area contributed by atoms with Gasteiger partial charge < -0.3 is 10.6 Å². The van der Waals surface area contributed by atoms with E-state index in [9.17, 15) is 4.79 Å². The van der Waals surface area contributed by atoms with Crippen molar-refractivity contribution in [1.29, 1.82) is 0 Å². The first-order valence-corrected chi connectivity index (χ1v) is 6.49. The number of rotatable bonds is 1. The van der Waals surface area contributed by atoms with Crippen LogP contribution < -0.4 is 10.6 Å². The molecule has 96 valence electrons. The summed E-state index contributed by atoms with van der Waals surface area (Å²) in [5, 5.41) is 0.579. The first-order valence-electron chi connectivity index (χ1n) is 6.11. The van der Waals surface area contributed by atoms with Gasteiger partial charge in [-0.25, -0.2) is 0 Å². The minimum Gasteiger partial charge on any atom is -0.397 e. The molecule has 3 rings (SSSR count). The third-order valence-corrected chi connectivity index (χ3v) is 3.62. The van der Waals surface area contributed by atoms with Gasteiger partial charge in [-0.05, 0) is 36.2 Å². The van der Waals surface area contributed by atoms with Gasteiger partial charge in [0, 0.05) is 17.1 Å². The number of nitrogens with zero attached hydrogens (tertiary/aromatic N) is 1. The number of carbonyl (C=O) groups excluding carboxylic acids is 1. The molecule has 2 N–H and O–H groups in total. The van der Waals surface area contributed by atoms with E-state index in [1.165, 1.54) is 0 Å². The van der Waals surface area contributed by atoms with Crippen LogP contribution in [0.3, 0.4) is 0 Å². The summed E-state index contributed by atoms with van der Waals surface area (Å²) in [6.07, 6.45) is 0.827. The van der Waals surface area contributed by atoms with E-state index in [-0.39, 0.29) is 5.91 Å². The molecule has 0 saturated heterocycles. The zero-order chi connectivity index (χ0) is 13.4. The van der Waals surface area contributed by atoms with E-state index in [1.54, 1.807) is 23.1 Å². The van der Waals surface area contributed by atoms with Crippen molar-refractivity contribution in [1.82, 2.24) is 0 Å². The molecule has 19 heavy (non-hydrogen) atoms. The van der Waals surface area contributed by atoms with E-state index in [2.05, 4.69) is 0 Å². The number of halogens is 1. The Bertz CT molecular complexity index is 654.